The van der Waals surface area contributed by atoms with Gasteiger partial charge in [0.2, 0.25) is 0 Å². The number of rotatable bonds is 6. The van der Waals surface area contributed by atoms with Gasteiger partial charge in [0.1, 0.15) is 6.54 Å². The Kier molecular flexibility index (Phi) is 5.68. The molecule has 0 aliphatic heterocycles. The van der Waals surface area contributed by atoms with Crippen molar-refractivity contribution in [2.45, 2.75) is 6.54 Å². The number of anilines is 1. The van der Waals surface area contributed by atoms with Crippen molar-refractivity contribution in [3.05, 3.63) is 47.3 Å². The van der Waals surface area contributed by atoms with Crippen molar-refractivity contribution < 1.29 is 33.8 Å². The molecule has 0 radical (unpaired) electrons. The normalized spacial score (nSPS) is 10.1. The molecule has 0 fully saturated rings. The number of nitrogens with one attached hydrogen (secondary N) is 1. The molecule has 0 spiro atoms. The molecule has 1 heterocycles. The Bertz CT molecular complexity index is 838. The number of methoxy groups -OCH3 is 2. The predicted molar refractivity (Wildman–Crippen MR) is 86.9 cm³/mol. The number of carboxylic acids is 1. The van der Waals surface area contributed by atoms with Crippen molar-refractivity contribution in [3.8, 4) is 0 Å². The number of hydrogen-bond donors (Lipinski definition) is 2. The number of aliphatic carboxylic acids is 1. The number of aromatic nitrogens is 2. The third-order valence-electron chi connectivity index (χ3n) is 3.20. The molecule has 2 N–H and O–H groups in total. The quantitative estimate of drug-likeness (QED) is 0.721. The minimum absolute atomic E-state index is 0.0330. The molecular formula is C16H15N3O7. The molecule has 10 nitrogen and oxygen atoms in total. The SMILES string of the molecule is COC(=O)c1cc(NC(=O)c2ccn(CC(=O)O)n2)cc(C(=O)OC)c1. The van der Waals surface area contributed by atoms with E-state index in [4.69, 9.17) is 5.11 Å². The van der Waals surface area contributed by atoms with Crippen molar-refractivity contribution in [1.29, 1.82) is 0 Å². The Morgan fingerprint density at radius 2 is 1.65 bits per heavy atom. The number of esters is 2. The van der Waals surface area contributed by atoms with Crippen molar-refractivity contribution in [2.75, 3.05) is 19.5 Å². The molecule has 0 atom stereocenters. The van der Waals surface area contributed by atoms with Gasteiger partial charge in [-0.1, -0.05) is 0 Å². The molecule has 1 aromatic heterocycles. The van der Waals surface area contributed by atoms with Crippen LogP contribution in [0.1, 0.15) is 31.2 Å². The lowest BCUT2D eigenvalue weighted by atomic mass is 10.1. The smallest absolute Gasteiger partial charge is 0.337 e. The monoisotopic (exact) mass is 361 g/mol. The Hall–Kier alpha value is -3.69. The fraction of sp³-hybridized carbons (Fsp3) is 0.188. The molecular weight excluding hydrogens is 346 g/mol. The van der Waals surface area contributed by atoms with Crippen LogP contribution < -0.4 is 5.32 Å². The van der Waals surface area contributed by atoms with Crippen LogP contribution in [0.3, 0.4) is 0 Å². The highest BCUT2D eigenvalue weighted by atomic mass is 16.5. The molecule has 0 saturated heterocycles. The maximum Gasteiger partial charge on any atom is 0.337 e. The van der Waals surface area contributed by atoms with Gasteiger partial charge < -0.3 is 19.9 Å². The molecule has 10 heteroatoms. The van der Waals surface area contributed by atoms with Crippen LogP contribution in [0.25, 0.3) is 0 Å². The van der Waals surface area contributed by atoms with Gasteiger partial charge in [-0.05, 0) is 24.3 Å². The zero-order valence-electron chi connectivity index (χ0n) is 13.9. The largest absolute Gasteiger partial charge is 0.480 e. The molecule has 0 unspecified atom stereocenters. The van der Waals surface area contributed by atoms with Crippen LogP contribution in [0.15, 0.2) is 30.5 Å². The molecule has 136 valence electrons. The van der Waals surface area contributed by atoms with Gasteiger partial charge in [-0.3, -0.25) is 14.3 Å². The van der Waals surface area contributed by atoms with Crippen LogP contribution in [-0.4, -0.2) is 52.9 Å². The van der Waals surface area contributed by atoms with Gasteiger partial charge >= 0.3 is 17.9 Å². The van der Waals surface area contributed by atoms with E-state index in [9.17, 15) is 19.2 Å². The van der Waals surface area contributed by atoms with Gasteiger partial charge in [-0.2, -0.15) is 5.10 Å². The van der Waals surface area contributed by atoms with E-state index in [-0.39, 0.29) is 22.5 Å². The number of ether oxygens (including phenoxy) is 2. The van der Waals surface area contributed by atoms with Crippen molar-refractivity contribution in [3.63, 3.8) is 0 Å². The first-order valence-electron chi connectivity index (χ1n) is 7.22. The van der Waals surface area contributed by atoms with E-state index in [0.717, 1.165) is 4.68 Å². The van der Waals surface area contributed by atoms with Gasteiger partial charge in [0.15, 0.2) is 5.69 Å². The number of carbonyl (C=O) groups excluding carboxylic acids is 3. The lowest BCUT2D eigenvalue weighted by molar-refractivity contribution is -0.137. The Balaban J connectivity index is 2.28. The lowest BCUT2D eigenvalue weighted by Gasteiger charge is -2.08. The Labute approximate surface area is 147 Å². The highest BCUT2D eigenvalue weighted by Crippen LogP contribution is 2.18. The van der Waals surface area contributed by atoms with E-state index in [0.29, 0.717) is 0 Å². The number of carboxylic acid groups (broad SMARTS) is 1. The molecule has 26 heavy (non-hydrogen) atoms. The fourth-order valence-corrected chi connectivity index (χ4v) is 2.08. The van der Waals surface area contributed by atoms with Crippen molar-refractivity contribution in [2.24, 2.45) is 0 Å². The molecule has 1 amide bonds. The Morgan fingerprint density at radius 1 is 1.08 bits per heavy atom. The van der Waals surface area contributed by atoms with Crippen LogP contribution in [0, 0.1) is 0 Å². The average molecular weight is 361 g/mol. The topological polar surface area (TPSA) is 137 Å². The second-order valence-corrected chi connectivity index (χ2v) is 5.03. The third-order valence-corrected chi connectivity index (χ3v) is 3.20. The summed E-state index contributed by atoms with van der Waals surface area (Å²) in [5, 5.41) is 15.0. The number of nitrogens with zero attached hydrogens (tertiary/aromatic N) is 2. The van der Waals surface area contributed by atoms with Crippen LogP contribution in [0.5, 0.6) is 0 Å². The second-order valence-electron chi connectivity index (χ2n) is 5.03. The summed E-state index contributed by atoms with van der Waals surface area (Å²) in [4.78, 5) is 46.4. The molecule has 0 aliphatic rings. The summed E-state index contributed by atoms with van der Waals surface area (Å²) in [6.45, 7) is -0.391. The van der Waals surface area contributed by atoms with E-state index in [1.54, 1.807) is 0 Å². The summed E-state index contributed by atoms with van der Waals surface area (Å²) in [6.07, 6.45) is 1.34. The number of hydrogen-bond acceptors (Lipinski definition) is 7. The van der Waals surface area contributed by atoms with Crippen molar-refractivity contribution in [1.82, 2.24) is 9.78 Å². The summed E-state index contributed by atoms with van der Waals surface area (Å²) in [5.41, 5.74) is 0.199. The molecule has 2 aromatic rings. The van der Waals surface area contributed by atoms with Crippen LogP contribution in [0.4, 0.5) is 5.69 Å². The molecule has 0 aliphatic carbocycles. The highest BCUT2D eigenvalue weighted by molar-refractivity contribution is 6.05. The summed E-state index contributed by atoms with van der Waals surface area (Å²) in [6, 6.07) is 5.26. The van der Waals surface area contributed by atoms with E-state index in [2.05, 4.69) is 19.9 Å². The zero-order valence-corrected chi connectivity index (χ0v) is 13.9. The van der Waals surface area contributed by atoms with E-state index in [1.807, 2.05) is 0 Å². The molecule has 1 aromatic carbocycles. The van der Waals surface area contributed by atoms with Gasteiger partial charge in [0.05, 0.1) is 25.3 Å². The minimum Gasteiger partial charge on any atom is -0.480 e. The van der Waals surface area contributed by atoms with Crippen LogP contribution in [0.2, 0.25) is 0 Å². The Morgan fingerprint density at radius 3 is 2.15 bits per heavy atom. The lowest BCUT2D eigenvalue weighted by Crippen LogP contribution is -2.16. The first-order chi connectivity index (χ1) is 12.3. The first-order valence-corrected chi connectivity index (χ1v) is 7.22. The maximum absolute atomic E-state index is 12.2. The van der Waals surface area contributed by atoms with Crippen LogP contribution >= 0.6 is 0 Å². The summed E-state index contributed by atoms with van der Waals surface area (Å²) >= 11 is 0. The first kappa shape index (κ1) is 18.6. The van der Waals surface area contributed by atoms with Crippen molar-refractivity contribution >= 4 is 29.5 Å². The van der Waals surface area contributed by atoms with E-state index in [1.165, 1.54) is 44.7 Å². The molecule has 0 saturated carbocycles. The van der Waals surface area contributed by atoms with Crippen LogP contribution in [-0.2, 0) is 20.8 Å². The summed E-state index contributed by atoms with van der Waals surface area (Å²) in [7, 11) is 2.36. The molecule has 2 rings (SSSR count). The maximum atomic E-state index is 12.2. The van der Waals surface area contributed by atoms with Gasteiger partial charge in [0.25, 0.3) is 5.91 Å². The third kappa shape index (κ3) is 4.44. The molecule has 0 bridgehead atoms. The van der Waals surface area contributed by atoms with Gasteiger partial charge in [0, 0.05) is 11.9 Å². The van der Waals surface area contributed by atoms with Gasteiger partial charge in [-0.25, -0.2) is 9.59 Å². The standard InChI is InChI=1S/C16H15N3O7/c1-25-15(23)9-5-10(16(24)26-2)7-11(6-9)17-14(22)12-3-4-19(18-12)8-13(20)21/h3-7H,8H2,1-2H3,(H,17,22)(H,20,21). The minimum atomic E-state index is -1.10. The zero-order chi connectivity index (χ0) is 19.3. The number of carbonyl (C=O) groups is 4. The fourth-order valence-electron chi connectivity index (χ4n) is 2.08. The summed E-state index contributed by atoms with van der Waals surface area (Å²) in [5.74, 6) is -3.14. The van der Waals surface area contributed by atoms with E-state index >= 15 is 0 Å². The van der Waals surface area contributed by atoms with E-state index < -0.39 is 30.4 Å². The number of benzene rings is 1. The average Bonchev–Trinajstić information content (AvgIpc) is 3.07. The predicted octanol–water partition coefficient (Wildman–Crippen LogP) is 0.793. The summed E-state index contributed by atoms with van der Waals surface area (Å²) < 4.78 is 10.3. The number of amides is 1. The highest BCUT2D eigenvalue weighted by Gasteiger charge is 2.16. The second kappa shape index (κ2) is 7.92. The van der Waals surface area contributed by atoms with Gasteiger partial charge in [-0.15, -0.1) is 0 Å².